The van der Waals surface area contributed by atoms with Crippen molar-refractivity contribution in [3.63, 3.8) is 0 Å². The third-order valence-corrected chi connectivity index (χ3v) is 8.20. The van der Waals surface area contributed by atoms with Gasteiger partial charge in [0.1, 0.15) is 18.3 Å². The van der Waals surface area contributed by atoms with Gasteiger partial charge >= 0.3 is 0 Å². The molecule has 0 heterocycles. The lowest BCUT2D eigenvalue weighted by Gasteiger charge is -2.32. The summed E-state index contributed by atoms with van der Waals surface area (Å²) in [5, 5.41) is 3.45. The van der Waals surface area contributed by atoms with Crippen LogP contribution in [0.3, 0.4) is 0 Å². The molecule has 8 nitrogen and oxygen atoms in total. The maximum atomic E-state index is 13.8. The summed E-state index contributed by atoms with van der Waals surface area (Å²) in [6, 6.07) is 18.1. The summed E-state index contributed by atoms with van der Waals surface area (Å²) in [4.78, 5) is 27.9. The summed E-state index contributed by atoms with van der Waals surface area (Å²) in [5.41, 5.74) is 0.788. The summed E-state index contributed by atoms with van der Waals surface area (Å²) in [6.45, 7) is 3.10. The largest absolute Gasteiger partial charge is 0.497 e. The second-order valence-corrected chi connectivity index (χ2v) is 11.1. The molecule has 0 aliphatic rings. The molecule has 202 valence electrons. The highest BCUT2D eigenvalue weighted by molar-refractivity contribution is 7.92. The van der Waals surface area contributed by atoms with Gasteiger partial charge in [0.2, 0.25) is 11.8 Å². The number of sulfonamides is 1. The molecular weight excluding hydrogens is 549 g/mol. The molecule has 0 spiro atoms. The van der Waals surface area contributed by atoms with Crippen LogP contribution in [0.1, 0.15) is 19.4 Å². The molecular formula is C27H29Cl2N3O5S. The van der Waals surface area contributed by atoms with Gasteiger partial charge in [0, 0.05) is 29.2 Å². The van der Waals surface area contributed by atoms with E-state index in [9.17, 15) is 18.0 Å². The number of nitrogens with zero attached hydrogens (tertiary/aromatic N) is 2. The maximum absolute atomic E-state index is 13.8. The summed E-state index contributed by atoms with van der Waals surface area (Å²) < 4.78 is 33.8. The maximum Gasteiger partial charge on any atom is 0.264 e. The fourth-order valence-corrected chi connectivity index (χ4v) is 5.65. The van der Waals surface area contributed by atoms with E-state index in [2.05, 4.69) is 5.32 Å². The van der Waals surface area contributed by atoms with Crippen molar-refractivity contribution in [2.45, 2.75) is 31.3 Å². The van der Waals surface area contributed by atoms with Crippen molar-refractivity contribution in [3.05, 3.63) is 88.4 Å². The van der Waals surface area contributed by atoms with Crippen molar-refractivity contribution in [2.75, 3.05) is 24.5 Å². The zero-order chi connectivity index (χ0) is 27.9. The Kier molecular flexibility index (Phi) is 10.0. The standard InChI is InChI=1S/C27H29Cl2N3O5S/c1-4-30-27(34)19(2)31(17-20-13-14-21(28)15-25(20)29)26(33)18-32(22-9-8-10-23(16-22)37-3)38(35,36)24-11-6-5-7-12-24/h5-16,19H,4,17-18H2,1-3H3,(H,30,34). The number of nitrogens with one attached hydrogen (secondary N) is 1. The number of hydrogen-bond donors (Lipinski definition) is 1. The van der Waals surface area contributed by atoms with E-state index < -0.39 is 28.5 Å². The molecule has 0 radical (unpaired) electrons. The number of anilines is 1. The Morgan fingerprint density at radius 1 is 1.00 bits per heavy atom. The highest BCUT2D eigenvalue weighted by Crippen LogP contribution is 2.28. The number of ether oxygens (including phenoxy) is 1. The lowest BCUT2D eigenvalue weighted by molar-refractivity contribution is -0.139. The molecule has 38 heavy (non-hydrogen) atoms. The van der Waals surface area contributed by atoms with Crippen LogP contribution >= 0.6 is 23.2 Å². The first-order chi connectivity index (χ1) is 18.1. The molecule has 0 bridgehead atoms. The molecule has 3 aromatic rings. The first-order valence-electron chi connectivity index (χ1n) is 11.8. The molecule has 11 heteroatoms. The average molecular weight is 579 g/mol. The van der Waals surface area contributed by atoms with E-state index in [1.54, 1.807) is 68.4 Å². The minimum atomic E-state index is -4.16. The molecule has 3 rings (SSSR count). The topological polar surface area (TPSA) is 96.0 Å². The summed E-state index contributed by atoms with van der Waals surface area (Å²) in [6.07, 6.45) is 0. The number of amides is 2. The number of methoxy groups -OCH3 is 1. The zero-order valence-electron chi connectivity index (χ0n) is 21.2. The molecule has 0 aliphatic heterocycles. The Labute approximate surface area is 233 Å². The summed E-state index contributed by atoms with van der Waals surface area (Å²) in [5.74, 6) is -0.564. The van der Waals surface area contributed by atoms with Gasteiger partial charge in [-0.25, -0.2) is 8.42 Å². The number of hydrogen-bond acceptors (Lipinski definition) is 5. The van der Waals surface area contributed by atoms with Gasteiger partial charge in [-0.2, -0.15) is 0 Å². The molecule has 0 saturated heterocycles. The number of carbonyl (C=O) groups is 2. The van der Waals surface area contributed by atoms with E-state index in [-0.39, 0.29) is 23.0 Å². The Hall–Kier alpha value is -3.27. The van der Waals surface area contributed by atoms with E-state index in [4.69, 9.17) is 27.9 Å². The minimum Gasteiger partial charge on any atom is -0.497 e. The average Bonchev–Trinajstić information content (AvgIpc) is 2.91. The number of rotatable bonds is 11. The molecule has 0 aromatic heterocycles. The predicted octanol–water partition coefficient (Wildman–Crippen LogP) is 4.75. The monoisotopic (exact) mass is 577 g/mol. The Balaban J connectivity index is 2.05. The van der Waals surface area contributed by atoms with Gasteiger partial charge in [0.05, 0.1) is 17.7 Å². The SMILES string of the molecule is CCNC(=O)C(C)N(Cc1ccc(Cl)cc1Cl)C(=O)CN(c1cccc(OC)c1)S(=O)(=O)c1ccccc1. The Bertz CT molecular complexity index is 1390. The van der Waals surface area contributed by atoms with Crippen LogP contribution in [-0.4, -0.2) is 51.4 Å². The fourth-order valence-electron chi connectivity index (χ4n) is 3.75. The van der Waals surface area contributed by atoms with Gasteiger partial charge < -0.3 is 15.0 Å². The van der Waals surface area contributed by atoms with Crippen molar-refractivity contribution in [1.29, 1.82) is 0 Å². The third kappa shape index (κ3) is 6.98. The lowest BCUT2D eigenvalue weighted by atomic mass is 10.1. The fraction of sp³-hybridized carbons (Fsp3) is 0.259. The number of halogens is 2. The normalized spacial score (nSPS) is 11.9. The second kappa shape index (κ2) is 13.0. The molecule has 0 fully saturated rings. The van der Waals surface area contributed by atoms with Crippen molar-refractivity contribution in [3.8, 4) is 5.75 Å². The highest BCUT2D eigenvalue weighted by atomic mass is 35.5. The van der Waals surface area contributed by atoms with Crippen LogP contribution in [0.2, 0.25) is 10.0 Å². The molecule has 3 aromatic carbocycles. The number of carbonyl (C=O) groups excluding carboxylic acids is 2. The van der Waals surface area contributed by atoms with Crippen molar-refractivity contribution < 1.29 is 22.7 Å². The van der Waals surface area contributed by atoms with Crippen LogP contribution in [0, 0.1) is 0 Å². The van der Waals surface area contributed by atoms with Crippen molar-refractivity contribution >= 4 is 50.7 Å². The van der Waals surface area contributed by atoms with Gasteiger partial charge in [-0.05, 0) is 55.8 Å². The molecule has 1 unspecified atom stereocenters. The molecule has 0 saturated carbocycles. The van der Waals surface area contributed by atoms with E-state index in [0.717, 1.165) is 4.31 Å². The molecule has 1 atom stereocenters. The quantitative estimate of drug-likeness (QED) is 0.354. The van der Waals surface area contributed by atoms with Gasteiger partial charge in [-0.3, -0.25) is 13.9 Å². The molecule has 1 N–H and O–H groups in total. The number of likely N-dealkylation sites (N-methyl/N-ethyl adjacent to an activating group) is 1. The second-order valence-electron chi connectivity index (χ2n) is 8.35. The van der Waals surface area contributed by atoms with E-state index in [0.29, 0.717) is 27.9 Å². The first kappa shape index (κ1) is 29.3. The zero-order valence-corrected chi connectivity index (χ0v) is 23.6. The first-order valence-corrected chi connectivity index (χ1v) is 14.0. The van der Waals surface area contributed by atoms with Gasteiger partial charge in [-0.15, -0.1) is 0 Å². The van der Waals surface area contributed by atoms with Crippen LogP contribution in [-0.2, 0) is 26.2 Å². The predicted molar refractivity (Wildman–Crippen MR) is 149 cm³/mol. The van der Waals surface area contributed by atoms with Crippen LogP contribution in [0.4, 0.5) is 5.69 Å². The molecule has 0 aliphatic carbocycles. The summed E-state index contributed by atoms with van der Waals surface area (Å²) >= 11 is 12.4. The van der Waals surface area contributed by atoms with Crippen LogP contribution < -0.4 is 14.4 Å². The van der Waals surface area contributed by atoms with Crippen LogP contribution in [0.15, 0.2) is 77.7 Å². The van der Waals surface area contributed by atoms with Crippen LogP contribution in [0.5, 0.6) is 5.75 Å². The van der Waals surface area contributed by atoms with Gasteiger partial charge in [0.25, 0.3) is 10.0 Å². The van der Waals surface area contributed by atoms with Gasteiger partial charge in [0.15, 0.2) is 0 Å². The Morgan fingerprint density at radius 2 is 1.71 bits per heavy atom. The Morgan fingerprint density at radius 3 is 2.34 bits per heavy atom. The number of benzene rings is 3. The van der Waals surface area contributed by atoms with E-state index in [1.807, 2.05) is 0 Å². The van der Waals surface area contributed by atoms with E-state index >= 15 is 0 Å². The lowest BCUT2D eigenvalue weighted by Crippen LogP contribution is -2.51. The smallest absolute Gasteiger partial charge is 0.264 e. The molecule has 2 amide bonds. The van der Waals surface area contributed by atoms with Crippen molar-refractivity contribution in [1.82, 2.24) is 10.2 Å². The minimum absolute atomic E-state index is 0.0136. The third-order valence-electron chi connectivity index (χ3n) is 5.83. The highest BCUT2D eigenvalue weighted by Gasteiger charge is 2.32. The van der Waals surface area contributed by atoms with Crippen molar-refractivity contribution in [2.24, 2.45) is 0 Å². The van der Waals surface area contributed by atoms with Gasteiger partial charge in [-0.1, -0.05) is 53.5 Å². The summed E-state index contributed by atoms with van der Waals surface area (Å²) in [7, 11) is -2.70. The van der Waals surface area contributed by atoms with E-state index in [1.165, 1.54) is 30.2 Å². The van der Waals surface area contributed by atoms with Crippen LogP contribution in [0.25, 0.3) is 0 Å².